The van der Waals surface area contributed by atoms with E-state index in [1.54, 1.807) is 12.1 Å². The predicted octanol–water partition coefficient (Wildman–Crippen LogP) is 2.91. The van der Waals surface area contributed by atoms with Crippen LogP contribution < -0.4 is 10.9 Å². The number of allylic oxidation sites excluding steroid dienone is 2. The summed E-state index contributed by atoms with van der Waals surface area (Å²) in [4.78, 5) is 41.2. The van der Waals surface area contributed by atoms with E-state index in [4.69, 9.17) is 12.2 Å². The van der Waals surface area contributed by atoms with Gasteiger partial charge in [-0.25, -0.2) is 0 Å². The summed E-state index contributed by atoms with van der Waals surface area (Å²) < 4.78 is 0.190. The molecular weight excluding hydrogens is 356 g/mol. The summed E-state index contributed by atoms with van der Waals surface area (Å²) in [6.45, 7) is 0. The van der Waals surface area contributed by atoms with Gasteiger partial charge in [0, 0.05) is 35.7 Å². The number of aromatic nitrogens is 2. The van der Waals surface area contributed by atoms with E-state index >= 15 is 0 Å². The number of nitro groups is 1. The van der Waals surface area contributed by atoms with E-state index in [0.29, 0.717) is 35.4 Å². The van der Waals surface area contributed by atoms with Crippen molar-refractivity contribution in [2.24, 2.45) is 0 Å². The number of fused-ring (bicyclic) bond motifs is 1. The standard InChI is InChI=1S/C17H14N4O4S/c22-11-3-1-2-10-13(11)12(8-4-6-9(7-5-8)21(24)25)14-15(18-10)19-17(26)20-16(14)23/h4-7,12H,1-3H2,(H3,18,19,20,23,26). The van der Waals surface area contributed by atoms with Crippen LogP contribution >= 0.6 is 12.2 Å². The van der Waals surface area contributed by atoms with Crippen molar-refractivity contribution in [3.8, 4) is 0 Å². The van der Waals surface area contributed by atoms with Crippen LogP contribution in [0.1, 0.15) is 36.3 Å². The molecule has 8 nitrogen and oxygen atoms in total. The zero-order valence-electron chi connectivity index (χ0n) is 13.5. The minimum atomic E-state index is -0.592. The summed E-state index contributed by atoms with van der Waals surface area (Å²) in [7, 11) is 0. The van der Waals surface area contributed by atoms with E-state index < -0.39 is 10.8 Å². The number of non-ortho nitro benzene ring substituents is 1. The molecule has 4 rings (SSSR count). The number of hydrogen-bond acceptors (Lipinski definition) is 6. The summed E-state index contributed by atoms with van der Waals surface area (Å²) >= 11 is 5.05. The Balaban J connectivity index is 1.96. The average Bonchev–Trinajstić information content (AvgIpc) is 2.60. The van der Waals surface area contributed by atoms with E-state index in [1.165, 1.54) is 12.1 Å². The molecule has 0 saturated carbocycles. The maximum atomic E-state index is 12.6. The second-order valence-electron chi connectivity index (χ2n) is 6.27. The Bertz CT molecular complexity index is 1080. The van der Waals surface area contributed by atoms with Crippen LogP contribution in [0.2, 0.25) is 0 Å². The summed E-state index contributed by atoms with van der Waals surface area (Å²) in [5.41, 5.74) is 1.90. The normalized spacial score (nSPS) is 18.8. The van der Waals surface area contributed by atoms with Crippen LogP contribution in [0.15, 0.2) is 40.3 Å². The first kappa shape index (κ1) is 16.4. The number of hydrogen-bond donors (Lipinski definition) is 3. The first-order valence-electron chi connectivity index (χ1n) is 8.10. The van der Waals surface area contributed by atoms with Crippen molar-refractivity contribution < 1.29 is 9.72 Å². The second-order valence-corrected chi connectivity index (χ2v) is 6.68. The number of benzene rings is 1. The number of nitrogens with zero attached hydrogens (tertiary/aromatic N) is 1. The summed E-state index contributed by atoms with van der Waals surface area (Å²) in [6, 6.07) is 5.94. The molecule has 1 aliphatic heterocycles. The molecule has 2 aliphatic rings. The van der Waals surface area contributed by atoms with E-state index in [-0.39, 0.29) is 21.8 Å². The van der Waals surface area contributed by atoms with Gasteiger partial charge in [-0.1, -0.05) is 12.1 Å². The first-order valence-corrected chi connectivity index (χ1v) is 8.50. The fourth-order valence-corrected chi connectivity index (χ4v) is 3.81. The smallest absolute Gasteiger partial charge is 0.269 e. The number of ketones is 1. The highest BCUT2D eigenvalue weighted by Crippen LogP contribution is 2.43. The molecule has 1 aliphatic carbocycles. The molecule has 1 unspecified atom stereocenters. The lowest BCUT2D eigenvalue weighted by Crippen LogP contribution is -2.32. The van der Waals surface area contributed by atoms with Crippen LogP contribution in [-0.2, 0) is 4.79 Å². The Morgan fingerprint density at radius 3 is 2.54 bits per heavy atom. The van der Waals surface area contributed by atoms with Gasteiger partial charge < -0.3 is 10.3 Å². The Hall–Kier alpha value is -3.07. The van der Waals surface area contributed by atoms with Gasteiger partial charge in [-0.05, 0) is 30.6 Å². The molecule has 3 N–H and O–H groups in total. The number of carbonyl (C=O) groups excluding carboxylic acids is 1. The molecule has 2 heterocycles. The number of rotatable bonds is 2. The van der Waals surface area contributed by atoms with Gasteiger partial charge in [0.2, 0.25) is 0 Å². The third-order valence-electron chi connectivity index (χ3n) is 4.73. The third-order valence-corrected chi connectivity index (χ3v) is 4.93. The first-order chi connectivity index (χ1) is 12.5. The van der Waals surface area contributed by atoms with Gasteiger partial charge in [0.15, 0.2) is 10.6 Å². The molecule has 2 aromatic rings. The van der Waals surface area contributed by atoms with Gasteiger partial charge in [0.25, 0.3) is 11.2 Å². The molecule has 1 aromatic heterocycles. The van der Waals surface area contributed by atoms with Crippen LogP contribution in [0, 0.1) is 14.9 Å². The molecule has 0 saturated heterocycles. The minimum Gasteiger partial charge on any atom is -0.344 e. The van der Waals surface area contributed by atoms with Crippen molar-refractivity contribution >= 4 is 29.5 Å². The fraction of sp³-hybridized carbons (Fsp3) is 0.235. The van der Waals surface area contributed by atoms with Gasteiger partial charge in [0.05, 0.1) is 10.5 Å². The van der Waals surface area contributed by atoms with Crippen LogP contribution in [0.25, 0.3) is 0 Å². The Morgan fingerprint density at radius 2 is 1.85 bits per heavy atom. The molecular formula is C17H14N4O4S. The summed E-state index contributed by atoms with van der Waals surface area (Å²) in [6.07, 6.45) is 1.84. The molecule has 26 heavy (non-hydrogen) atoms. The lowest BCUT2D eigenvalue weighted by Gasteiger charge is -2.32. The van der Waals surface area contributed by atoms with E-state index in [9.17, 15) is 19.7 Å². The second kappa shape index (κ2) is 6.03. The van der Waals surface area contributed by atoms with Crippen molar-refractivity contribution in [3.63, 3.8) is 0 Å². The van der Waals surface area contributed by atoms with Gasteiger partial charge in [-0.3, -0.25) is 24.7 Å². The van der Waals surface area contributed by atoms with Gasteiger partial charge in [-0.15, -0.1) is 0 Å². The van der Waals surface area contributed by atoms with Crippen LogP contribution in [0.5, 0.6) is 0 Å². The molecule has 0 bridgehead atoms. The van der Waals surface area contributed by atoms with Gasteiger partial charge in [-0.2, -0.15) is 0 Å². The Kier molecular flexibility index (Phi) is 3.80. The zero-order valence-corrected chi connectivity index (χ0v) is 14.3. The Morgan fingerprint density at radius 1 is 1.12 bits per heavy atom. The average molecular weight is 370 g/mol. The maximum Gasteiger partial charge on any atom is 0.269 e. The molecule has 0 fully saturated rings. The lowest BCUT2D eigenvalue weighted by atomic mass is 9.76. The molecule has 0 amide bonds. The van der Waals surface area contributed by atoms with Gasteiger partial charge >= 0.3 is 0 Å². The van der Waals surface area contributed by atoms with E-state index in [1.807, 2.05) is 0 Å². The molecule has 1 aromatic carbocycles. The highest BCUT2D eigenvalue weighted by Gasteiger charge is 2.37. The van der Waals surface area contributed by atoms with Crippen LogP contribution in [0.4, 0.5) is 11.5 Å². The maximum absolute atomic E-state index is 12.6. The number of nitro benzene ring substituents is 1. The fourth-order valence-electron chi connectivity index (χ4n) is 3.62. The summed E-state index contributed by atoms with van der Waals surface area (Å²) in [5, 5.41) is 14.1. The summed E-state index contributed by atoms with van der Waals surface area (Å²) in [5.74, 6) is -0.143. The molecule has 1 atom stereocenters. The quantitative estimate of drug-likeness (QED) is 0.425. The van der Waals surface area contributed by atoms with Crippen molar-refractivity contribution in [1.29, 1.82) is 0 Å². The monoisotopic (exact) mass is 370 g/mol. The number of H-pyrrole nitrogens is 2. The third kappa shape index (κ3) is 2.57. The zero-order chi connectivity index (χ0) is 18.4. The van der Waals surface area contributed by atoms with Crippen molar-refractivity contribution in [3.05, 3.63) is 71.9 Å². The molecule has 9 heteroatoms. The molecule has 0 spiro atoms. The van der Waals surface area contributed by atoms with E-state index in [2.05, 4.69) is 15.3 Å². The number of anilines is 1. The highest BCUT2D eigenvalue weighted by atomic mass is 32.1. The number of nitrogens with one attached hydrogen (secondary N) is 3. The topological polar surface area (TPSA) is 121 Å². The van der Waals surface area contributed by atoms with Crippen molar-refractivity contribution in [2.45, 2.75) is 25.2 Å². The lowest BCUT2D eigenvalue weighted by molar-refractivity contribution is -0.384. The number of carbonyl (C=O) groups is 1. The molecule has 0 radical (unpaired) electrons. The van der Waals surface area contributed by atoms with Crippen LogP contribution in [0.3, 0.4) is 0 Å². The SMILES string of the molecule is O=C1CCCC2=C1C(c1ccc([N+](=O)[O-])cc1)c1c([nH]c(=S)[nH]c1=O)N2. The number of Topliss-reactive ketones (excluding diaryl/α,β-unsaturated/α-hetero) is 1. The van der Waals surface area contributed by atoms with Crippen molar-refractivity contribution in [2.75, 3.05) is 5.32 Å². The number of aromatic amines is 2. The highest BCUT2D eigenvalue weighted by molar-refractivity contribution is 7.71. The minimum absolute atomic E-state index is 0.0189. The molecule has 132 valence electrons. The van der Waals surface area contributed by atoms with E-state index in [0.717, 1.165) is 12.1 Å². The largest absolute Gasteiger partial charge is 0.344 e. The van der Waals surface area contributed by atoms with Crippen LogP contribution in [-0.4, -0.2) is 20.7 Å². The predicted molar refractivity (Wildman–Crippen MR) is 96.7 cm³/mol. The van der Waals surface area contributed by atoms with Crippen molar-refractivity contribution in [1.82, 2.24) is 9.97 Å². The van der Waals surface area contributed by atoms with Gasteiger partial charge in [0.1, 0.15) is 5.82 Å². The Labute approximate surface area is 152 Å².